The fourth-order valence-corrected chi connectivity index (χ4v) is 2.83. The lowest BCUT2D eigenvalue weighted by atomic mass is 9.98. The third kappa shape index (κ3) is 4.91. The van der Waals surface area contributed by atoms with Crippen LogP contribution in [0.2, 0.25) is 0 Å². The van der Waals surface area contributed by atoms with E-state index in [1.807, 2.05) is 0 Å². The van der Waals surface area contributed by atoms with Gasteiger partial charge in [0.15, 0.2) is 11.9 Å². The summed E-state index contributed by atoms with van der Waals surface area (Å²) < 4.78 is 10.4. The van der Waals surface area contributed by atoms with Crippen molar-refractivity contribution < 1.29 is 23.9 Å². The molecule has 0 bridgehead atoms. The van der Waals surface area contributed by atoms with E-state index in [9.17, 15) is 14.4 Å². The van der Waals surface area contributed by atoms with Gasteiger partial charge in [-0.1, -0.05) is 54.6 Å². The Morgan fingerprint density at radius 2 is 1.50 bits per heavy atom. The highest BCUT2D eigenvalue weighted by Crippen LogP contribution is 2.19. The Morgan fingerprint density at radius 1 is 0.833 bits per heavy atom. The molecule has 0 spiro atoms. The summed E-state index contributed by atoms with van der Waals surface area (Å²) in [4.78, 5) is 37.9. The predicted molar refractivity (Wildman–Crippen MR) is 113 cm³/mol. The van der Waals surface area contributed by atoms with E-state index in [1.54, 1.807) is 72.8 Å². The Morgan fingerprint density at radius 3 is 2.20 bits per heavy atom. The van der Waals surface area contributed by atoms with Gasteiger partial charge >= 0.3 is 5.97 Å². The van der Waals surface area contributed by atoms with E-state index in [0.717, 1.165) is 0 Å². The van der Waals surface area contributed by atoms with Crippen LogP contribution in [0.3, 0.4) is 0 Å². The zero-order valence-electron chi connectivity index (χ0n) is 16.6. The minimum Gasteiger partial charge on any atom is -0.497 e. The first-order valence-electron chi connectivity index (χ1n) is 9.34. The second-order valence-electron chi connectivity index (χ2n) is 6.51. The smallest absolute Gasteiger partial charge is 0.339 e. The number of ketones is 1. The maximum Gasteiger partial charge on any atom is 0.339 e. The van der Waals surface area contributed by atoms with Gasteiger partial charge in [0.2, 0.25) is 0 Å². The lowest BCUT2D eigenvalue weighted by Gasteiger charge is -2.15. The molecule has 0 heterocycles. The van der Waals surface area contributed by atoms with Gasteiger partial charge in [-0.05, 0) is 25.1 Å². The number of ether oxygens (including phenoxy) is 2. The number of methoxy groups -OCH3 is 1. The van der Waals surface area contributed by atoms with Crippen LogP contribution >= 0.6 is 0 Å². The zero-order chi connectivity index (χ0) is 21.5. The first-order chi connectivity index (χ1) is 14.5. The van der Waals surface area contributed by atoms with Crippen molar-refractivity contribution in [3.63, 3.8) is 0 Å². The Kier molecular flexibility index (Phi) is 6.60. The average molecular weight is 403 g/mol. The van der Waals surface area contributed by atoms with Gasteiger partial charge in [-0.15, -0.1) is 0 Å². The van der Waals surface area contributed by atoms with E-state index in [0.29, 0.717) is 17.0 Å². The number of benzene rings is 3. The minimum atomic E-state index is -1.07. The van der Waals surface area contributed by atoms with Gasteiger partial charge in [-0.2, -0.15) is 0 Å². The van der Waals surface area contributed by atoms with Crippen molar-refractivity contribution >= 4 is 23.3 Å². The van der Waals surface area contributed by atoms with Crippen LogP contribution in [0.5, 0.6) is 5.75 Å². The first kappa shape index (κ1) is 20.8. The molecule has 0 aliphatic heterocycles. The monoisotopic (exact) mass is 403 g/mol. The third-order valence-corrected chi connectivity index (χ3v) is 4.42. The number of hydrogen-bond acceptors (Lipinski definition) is 5. The number of esters is 1. The average Bonchev–Trinajstić information content (AvgIpc) is 2.79. The highest BCUT2D eigenvalue weighted by Gasteiger charge is 2.23. The van der Waals surface area contributed by atoms with Crippen LogP contribution in [0.15, 0.2) is 78.9 Å². The van der Waals surface area contributed by atoms with Crippen LogP contribution in [0.1, 0.15) is 33.2 Å². The molecular formula is C24H21NO5. The zero-order valence-corrected chi connectivity index (χ0v) is 16.6. The molecule has 1 amide bonds. The molecule has 0 aromatic heterocycles. The second-order valence-corrected chi connectivity index (χ2v) is 6.51. The number of hydrogen-bond donors (Lipinski definition) is 1. The van der Waals surface area contributed by atoms with Crippen molar-refractivity contribution in [2.24, 2.45) is 0 Å². The molecule has 6 heteroatoms. The van der Waals surface area contributed by atoms with Crippen molar-refractivity contribution in [1.82, 2.24) is 0 Å². The quantitative estimate of drug-likeness (QED) is 0.474. The minimum absolute atomic E-state index is 0.104. The van der Waals surface area contributed by atoms with Crippen molar-refractivity contribution in [1.29, 1.82) is 0 Å². The lowest BCUT2D eigenvalue weighted by Crippen LogP contribution is -2.30. The van der Waals surface area contributed by atoms with Crippen LogP contribution in [0.4, 0.5) is 5.69 Å². The van der Waals surface area contributed by atoms with Crippen LogP contribution in [0, 0.1) is 0 Å². The summed E-state index contributed by atoms with van der Waals surface area (Å²) in [5.41, 5.74) is 1.30. The van der Waals surface area contributed by atoms with Gasteiger partial charge in [0.1, 0.15) is 5.75 Å². The topological polar surface area (TPSA) is 81.7 Å². The Hall–Kier alpha value is -3.93. The van der Waals surface area contributed by atoms with Crippen LogP contribution in [-0.4, -0.2) is 30.9 Å². The molecule has 152 valence electrons. The van der Waals surface area contributed by atoms with Crippen molar-refractivity contribution in [2.45, 2.75) is 13.0 Å². The van der Waals surface area contributed by atoms with Crippen LogP contribution < -0.4 is 10.1 Å². The van der Waals surface area contributed by atoms with Crippen LogP contribution in [-0.2, 0) is 9.53 Å². The summed E-state index contributed by atoms with van der Waals surface area (Å²) in [6.45, 7) is 1.47. The van der Waals surface area contributed by atoms with Gasteiger partial charge in [-0.3, -0.25) is 9.59 Å². The summed E-state index contributed by atoms with van der Waals surface area (Å²) >= 11 is 0. The molecule has 3 aromatic rings. The number of rotatable bonds is 7. The van der Waals surface area contributed by atoms with Gasteiger partial charge < -0.3 is 14.8 Å². The van der Waals surface area contributed by atoms with Gasteiger partial charge in [0.25, 0.3) is 5.91 Å². The number of nitrogens with one attached hydrogen (secondary N) is 1. The van der Waals surface area contributed by atoms with E-state index < -0.39 is 18.0 Å². The van der Waals surface area contributed by atoms with Gasteiger partial charge in [0, 0.05) is 22.9 Å². The van der Waals surface area contributed by atoms with E-state index in [4.69, 9.17) is 9.47 Å². The van der Waals surface area contributed by atoms with Crippen molar-refractivity contribution in [3.05, 3.63) is 95.6 Å². The fraction of sp³-hybridized carbons (Fsp3) is 0.125. The van der Waals surface area contributed by atoms with Crippen molar-refractivity contribution in [3.8, 4) is 5.75 Å². The molecule has 1 atom stereocenters. The Balaban J connectivity index is 1.72. The van der Waals surface area contributed by atoms with E-state index in [-0.39, 0.29) is 16.9 Å². The second kappa shape index (κ2) is 9.52. The molecule has 0 radical (unpaired) electrons. The SMILES string of the molecule is COc1cccc(NC(=O)[C@@H](C)OC(=O)c2ccccc2C(=O)c2ccccc2)c1. The van der Waals surface area contributed by atoms with E-state index in [2.05, 4.69) is 5.32 Å². The molecular weight excluding hydrogens is 382 g/mol. The maximum absolute atomic E-state index is 12.8. The standard InChI is InChI=1S/C24H21NO5/c1-16(23(27)25-18-11-8-12-19(15-18)29-2)30-24(28)21-14-7-6-13-20(21)22(26)17-9-4-3-5-10-17/h3-16H,1-2H3,(H,25,27)/t16-/m1/s1. The van der Waals surface area contributed by atoms with Gasteiger partial charge in [0.05, 0.1) is 12.7 Å². The molecule has 30 heavy (non-hydrogen) atoms. The van der Waals surface area contributed by atoms with E-state index in [1.165, 1.54) is 20.1 Å². The Bertz CT molecular complexity index is 1060. The maximum atomic E-state index is 12.8. The van der Waals surface area contributed by atoms with Crippen LogP contribution in [0.25, 0.3) is 0 Å². The molecule has 6 nitrogen and oxygen atoms in total. The molecule has 0 saturated heterocycles. The highest BCUT2D eigenvalue weighted by atomic mass is 16.5. The summed E-state index contributed by atoms with van der Waals surface area (Å²) in [5, 5.41) is 2.67. The molecule has 3 rings (SSSR count). The van der Waals surface area contributed by atoms with Crippen molar-refractivity contribution in [2.75, 3.05) is 12.4 Å². The molecule has 1 N–H and O–H groups in total. The summed E-state index contributed by atoms with van der Waals surface area (Å²) in [7, 11) is 1.53. The first-order valence-corrected chi connectivity index (χ1v) is 9.34. The molecule has 0 aliphatic rings. The lowest BCUT2D eigenvalue weighted by molar-refractivity contribution is -0.123. The molecule has 0 aliphatic carbocycles. The molecule has 0 fully saturated rings. The molecule has 0 saturated carbocycles. The predicted octanol–water partition coefficient (Wildman–Crippen LogP) is 4.11. The van der Waals surface area contributed by atoms with Gasteiger partial charge in [-0.25, -0.2) is 4.79 Å². The fourth-order valence-electron chi connectivity index (χ4n) is 2.83. The third-order valence-electron chi connectivity index (χ3n) is 4.42. The summed E-state index contributed by atoms with van der Waals surface area (Å²) in [6.07, 6.45) is -1.07. The number of carbonyl (C=O) groups excluding carboxylic acids is 3. The summed E-state index contributed by atoms with van der Waals surface area (Å²) in [6, 6.07) is 21.9. The van der Waals surface area contributed by atoms with E-state index >= 15 is 0 Å². The normalized spacial score (nSPS) is 11.3. The highest BCUT2D eigenvalue weighted by molar-refractivity contribution is 6.14. The molecule has 3 aromatic carbocycles. The Labute approximate surface area is 174 Å². The molecule has 0 unspecified atom stereocenters. The number of anilines is 1. The number of amides is 1. The largest absolute Gasteiger partial charge is 0.497 e. The summed E-state index contributed by atoms with van der Waals surface area (Å²) in [5.74, 6) is -0.950. The number of carbonyl (C=O) groups is 3.